The van der Waals surface area contributed by atoms with Crippen LogP contribution in [0.1, 0.15) is 45.7 Å². The molecule has 3 aromatic heterocycles. The molecule has 9 rings (SSSR count). The molecule has 0 amide bonds. The van der Waals surface area contributed by atoms with Gasteiger partial charge in [-0.05, 0) is 74.8 Å². The summed E-state index contributed by atoms with van der Waals surface area (Å²) in [5.41, 5.74) is 12.0. The van der Waals surface area contributed by atoms with Crippen LogP contribution in [0.5, 0.6) is 0 Å². The van der Waals surface area contributed by atoms with E-state index in [0.29, 0.717) is 5.92 Å². The zero-order valence-corrected chi connectivity index (χ0v) is 38.6. The summed E-state index contributed by atoms with van der Waals surface area (Å²) in [7, 11) is -1.34. The van der Waals surface area contributed by atoms with E-state index < -0.39 is 8.07 Å². The Hall–Kier alpha value is -5.39. The molecule has 0 aliphatic heterocycles. The van der Waals surface area contributed by atoms with Gasteiger partial charge in [-0.25, -0.2) is 0 Å². The van der Waals surface area contributed by atoms with Crippen molar-refractivity contribution in [3.63, 3.8) is 0 Å². The van der Waals surface area contributed by atoms with Crippen molar-refractivity contribution in [2.75, 3.05) is 0 Å². The summed E-state index contributed by atoms with van der Waals surface area (Å²) in [6.45, 7) is 18.5. The Kier molecular flexibility index (Phi) is 12.1. The Balaban J connectivity index is 0.000000214. The summed E-state index contributed by atoms with van der Waals surface area (Å²) >= 11 is 0. The number of pyridine rings is 1. The molecule has 0 atom stereocenters. The maximum atomic E-state index is 6.00. The van der Waals surface area contributed by atoms with Crippen LogP contribution < -0.4 is 5.19 Å². The van der Waals surface area contributed by atoms with Gasteiger partial charge in [0.05, 0.1) is 24.9 Å². The number of fused-ring (bicyclic) bond motifs is 3. The van der Waals surface area contributed by atoms with Crippen molar-refractivity contribution in [2.24, 2.45) is 5.92 Å². The molecule has 0 saturated heterocycles. The molecule has 0 N–H and O–H groups in total. The summed E-state index contributed by atoms with van der Waals surface area (Å²) in [4.78, 5) is 9.83. The number of rotatable bonds is 7. The van der Waals surface area contributed by atoms with Crippen LogP contribution in [0.3, 0.4) is 0 Å². The standard InChI is InChI=1S/C35H27N2O.C18H24NSi.Ir/c1-35(2,3)26-17-18-31(27(21-26)23-11-5-4-6-12-23)37-32-16-10-9-15-30(32)36-34(37)29-22-38-33-20-25-14-8-7-13-24(25)19-28(29)33;1-14(2)11-16-12-17(15-9-7-6-8-10-15)19-13-18(16)20(3,4)5;/h4-21H,1-3H3;6-9,12-14H,11H2,1-5H3;/q2*-1;. The fourth-order valence-corrected chi connectivity index (χ4v) is 9.38. The second kappa shape index (κ2) is 17.1. The van der Waals surface area contributed by atoms with Crippen molar-refractivity contribution >= 4 is 46.0 Å². The van der Waals surface area contributed by atoms with Crippen LogP contribution in [-0.2, 0) is 31.9 Å². The van der Waals surface area contributed by atoms with E-state index in [1.807, 2.05) is 30.3 Å². The zero-order chi connectivity index (χ0) is 40.6. The zero-order valence-electron chi connectivity index (χ0n) is 35.2. The van der Waals surface area contributed by atoms with Crippen LogP contribution >= 0.6 is 0 Å². The quantitative estimate of drug-likeness (QED) is 0.118. The Morgan fingerprint density at radius 2 is 1.46 bits per heavy atom. The van der Waals surface area contributed by atoms with Crippen LogP contribution in [0.15, 0.2) is 150 Å². The molecule has 9 aromatic rings. The molecule has 3 heterocycles. The first-order valence-electron chi connectivity index (χ1n) is 20.3. The molecular formula is C53H51IrN3OSi-2. The van der Waals surface area contributed by atoms with E-state index in [-0.39, 0.29) is 25.5 Å². The summed E-state index contributed by atoms with van der Waals surface area (Å²) in [5.74, 6) is 1.49. The number of para-hydroxylation sites is 2. The van der Waals surface area contributed by atoms with Gasteiger partial charge in [-0.2, -0.15) is 0 Å². The maximum absolute atomic E-state index is 6.00. The van der Waals surface area contributed by atoms with Crippen LogP contribution in [0.2, 0.25) is 19.6 Å². The smallest absolute Gasteiger partial charge is 0.0798 e. The molecule has 59 heavy (non-hydrogen) atoms. The predicted octanol–water partition coefficient (Wildman–Crippen LogP) is 13.6. The third-order valence-electron chi connectivity index (χ3n) is 10.8. The van der Waals surface area contributed by atoms with Gasteiger partial charge >= 0.3 is 0 Å². The van der Waals surface area contributed by atoms with Gasteiger partial charge < -0.3 is 14.0 Å². The van der Waals surface area contributed by atoms with Crippen molar-refractivity contribution in [1.29, 1.82) is 0 Å². The van der Waals surface area contributed by atoms with E-state index in [4.69, 9.17) is 9.40 Å². The second-order valence-electron chi connectivity index (χ2n) is 17.7. The van der Waals surface area contributed by atoms with Crippen molar-refractivity contribution in [3.8, 4) is 39.5 Å². The topological polar surface area (TPSA) is 43.9 Å². The molecule has 0 unspecified atom stereocenters. The minimum absolute atomic E-state index is 0. The van der Waals surface area contributed by atoms with Gasteiger partial charge in [0.15, 0.2) is 0 Å². The van der Waals surface area contributed by atoms with E-state index in [1.54, 1.807) is 0 Å². The molecule has 0 aliphatic carbocycles. The molecule has 6 heteroatoms. The molecule has 0 saturated carbocycles. The fourth-order valence-electron chi connectivity index (χ4n) is 7.79. The fraction of sp³-hybridized carbons (Fsp3) is 0.208. The van der Waals surface area contributed by atoms with Crippen molar-refractivity contribution in [2.45, 2.75) is 66.1 Å². The van der Waals surface area contributed by atoms with Crippen molar-refractivity contribution in [1.82, 2.24) is 14.5 Å². The van der Waals surface area contributed by atoms with Gasteiger partial charge in [0, 0.05) is 49.4 Å². The number of benzene rings is 6. The third-order valence-corrected chi connectivity index (χ3v) is 12.8. The number of imidazole rings is 1. The monoisotopic (exact) mass is 966 g/mol. The molecule has 1 radical (unpaired) electrons. The number of aromatic nitrogens is 3. The molecule has 0 bridgehead atoms. The first-order chi connectivity index (χ1) is 27.8. The van der Waals surface area contributed by atoms with Crippen LogP contribution in [-0.4, -0.2) is 22.6 Å². The van der Waals surface area contributed by atoms with E-state index in [9.17, 15) is 0 Å². The molecule has 299 valence electrons. The van der Waals surface area contributed by atoms with Gasteiger partial charge in [-0.1, -0.05) is 162 Å². The van der Waals surface area contributed by atoms with E-state index in [0.717, 1.165) is 62.1 Å². The van der Waals surface area contributed by atoms with E-state index in [2.05, 4.69) is 192 Å². The first-order valence-corrected chi connectivity index (χ1v) is 23.8. The molecule has 0 fully saturated rings. The third kappa shape index (κ3) is 8.82. The molecular weight excluding hydrogens is 915 g/mol. The van der Waals surface area contributed by atoms with Crippen molar-refractivity contribution in [3.05, 3.63) is 169 Å². The SMILES string of the molecule is CC(C)(C)c1ccc(-n2c(-c3[c-]oc4cc5ccccc5cc34)nc3ccccc32)c(-c2ccccc2)c1.CC(C)Cc1cc(-c2[c-]cccc2)ncc1[Si](C)(C)C.[Ir]. The van der Waals surface area contributed by atoms with E-state index in [1.165, 1.54) is 32.8 Å². The largest absolute Gasteiger partial charge is 0.557 e. The summed E-state index contributed by atoms with van der Waals surface area (Å²) in [6.07, 6.45) is 6.45. The van der Waals surface area contributed by atoms with Gasteiger partial charge in [-0.15, -0.1) is 35.9 Å². The minimum Gasteiger partial charge on any atom is -0.557 e. The number of hydrogen-bond donors (Lipinski definition) is 0. The van der Waals surface area contributed by atoms with Crippen LogP contribution in [0.25, 0.3) is 72.2 Å². The number of furan rings is 1. The predicted molar refractivity (Wildman–Crippen MR) is 247 cm³/mol. The Labute approximate surface area is 363 Å². The molecule has 6 aromatic carbocycles. The van der Waals surface area contributed by atoms with Gasteiger partial charge in [-0.3, -0.25) is 4.98 Å². The Bertz CT molecular complexity index is 2860. The van der Waals surface area contributed by atoms with E-state index >= 15 is 0 Å². The van der Waals surface area contributed by atoms with Gasteiger partial charge in [0.1, 0.15) is 0 Å². The minimum atomic E-state index is -1.34. The normalized spacial score (nSPS) is 11.8. The van der Waals surface area contributed by atoms with Crippen LogP contribution in [0.4, 0.5) is 0 Å². The number of hydrogen-bond acceptors (Lipinski definition) is 3. The van der Waals surface area contributed by atoms with Gasteiger partial charge in [0.2, 0.25) is 0 Å². The van der Waals surface area contributed by atoms with Crippen LogP contribution in [0, 0.1) is 18.2 Å². The average molecular weight is 966 g/mol. The average Bonchev–Trinajstić information content (AvgIpc) is 3.80. The van der Waals surface area contributed by atoms with Gasteiger partial charge in [0.25, 0.3) is 0 Å². The molecule has 0 spiro atoms. The number of nitrogens with zero attached hydrogens (tertiary/aromatic N) is 3. The summed E-state index contributed by atoms with van der Waals surface area (Å²) in [5, 5.41) is 4.81. The second-order valence-corrected chi connectivity index (χ2v) is 22.8. The molecule has 4 nitrogen and oxygen atoms in total. The first kappa shape index (κ1) is 41.8. The Morgan fingerprint density at radius 1 is 0.763 bits per heavy atom. The maximum Gasteiger partial charge on any atom is 0.0798 e. The molecule has 0 aliphatic rings. The summed E-state index contributed by atoms with van der Waals surface area (Å²) < 4.78 is 8.26. The van der Waals surface area contributed by atoms with Crippen molar-refractivity contribution < 1.29 is 24.5 Å². The Morgan fingerprint density at radius 3 is 2.15 bits per heavy atom. The summed E-state index contributed by atoms with van der Waals surface area (Å²) in [6, 6.07) is 52.0.